The average Bonchev–Trinajstić information content (AvgIpc) is 2.42. The van der Waals surface area contributed by atoms with Crippen LogP contribution < -0.4 is 5.73 Å². The van der Waals surface area contributed by atoms with E-state index in [1.54, 1.807) is 0 Å². The van der Waals surface area contributed by atoms with Crippen molar-refractivity contribution >= 4 is 34.0 Å². The molecule has 1 unspecified atom stereocenters. The summed E-state index contributed by atoms with van der Waals surface area (Å²) in [6.45, 7) is 0.855. The monoisotopic (exact) mass is 356 g/mol. The molecule has 2 rings (SSSR count). The zero-order valence-electron chi connectivity index (χ0n) is 11.5. The van der Waals surface area contributed by atoms with Gasteiger partial charge < -0.3 is 5.73 Å². The lowest BCUT2D eigenvalue weighted by Gasteiger charge is -2.34. The van der Waals surface area contributed by atoms with Crippen molar-refractivity contribution in [2.24, 2.45) is 5.73 Å². The molecule has 1 aliphatic rings. The highest BCUT2D eigenvalue weighted by atomic mass is 35.5. The largest absolute Gasteiger partial charge is 0.330 e. The van der Waals surface area contributed by atoms with Crippen LogP contribution in [0.4, 0.5) is 4.39 Å². The third kappa shape index (κ3) is 4.07. The van der Waals surface area contributed by atoms with Crippen LogP contribution in [0.1, 0.15) is 25.7 Å². The molecule has 8 heteroatoms. The van der Waals surface area contributed by atoms with Crippen LogP contribution in [0.3, 0.4) is 0 Å². The van der Waals surface area contributed by atoms with Crippen molar-refractivity contribution in [1.29, 1.82) is 0 Å². The maximum Gasteiger partial charge on any atom is 0.244 e. The van der Waals surface area contributed by atoms with E-state index < -0.39 is 15.8 Å². The molecule has 1 atom stereocenters. The molecule has 0 bridgehead atoms. The smallest absolute Gasteiger partial charge is 0.244 e. The van der Waals surface area contributed by atoms with Crippen LogP contribution in [-0.4, -0.2) is 31.9 Å². The summed E-state index contributed by atoms with van der Waals surface area (Å²) in [6, 6.07) is 3.27. The number of nitrogens with zero attached hydrogens (tertiary/aromatic N) is 1. The van der Waals surface area contributed by atoms with Gasteiger partial charge >= 0.3 is 0 Å². The third-order valence-electron chi connectivity index (χ3n) is 3.55. The van der Waals surface area contributed by atoms with E-state index in [4.69, 9.17) is 17.3 Å². The van der Waals surface area contributed by atoms with Gasteiger partial charge in [0.25, 0.3) is 0 Å². The van der Waals surface area contributed by atoms with E-state index in [-0.39, 0.29) is 28.4 Å². The molecular weight excluding hydrogens is 338 g/mol. The molecule has 0 spiro atoms. The van der Waals surface area contributed by atoms with Gasteiger partial charge in [-0.15, -0.1) is 12.4 Å². The minimum absolute atomic E-state index is 0. The fourth-order valence-corrected chi connectivity index (χ4v) is 4.78. The molecule has 4 nitrogen and oxygen atoms in total. The summed E-state index contributed by atoms with van der Waals surface area (Å²) in [7, 11) is -3.78. The predicted octanol–water partition coefficient (Wildman–Crippen LogP) is 2.79. The minimum atomic E-state index is -3.78. The Kier molecular flexibility index (Phi) is 6.87. The van der Waals surface area contributed by atoms with Crippen LogP contribution in [-0.2, 0) is 10.0 Å². The summed E-state index contributed by atoms with van der Waals surface area (Å²) in [4.78, 5) is -0.164. The molecule has 21 heavy (non-hydrogen) atoms. The molecule has 1 aliphatic heterocycles. The van der Waals surface area contributed by atoms with E-state index >= 15 is 0 Å². The Bertz CT molecular complexity index is 582. The molecule has 0 saturated carbocycles. The number of hydrogen-bond donors (Lipinski definition) is 1. The lowest BCUT2D eigenvalue weighted by Crippen LogP contribution is -2.44. The molecule has 1 fully saturated rings. The van der Waals surface area contributed by atoms with Gasteiger partial charge in [-0.25, -0.2) is 12.8 Å². The first-order valence-electron chi connectivity index (χ1n) is 6.64. The maximum atomic E-state index is 13.3. The van der Waals surface area contributed by atoms with Gasteiger partial charge in [-0.3, -0.25) is 0 Å². The maximum absolute atomic E-state index is 13.3. The van der Waals surface area contributed by atoms with Gasteiger partial charge in [0.1, 0.15) is 10.7 Å². The zero-order chi connectivity index (χ0) is 14.8. The molecule has 2 N–H and O–H groups in total. The predicted molar refractivity (Wildman–Crippen MR) is 83.9 cm³/mol. The Labute approximate surface area is 135 Å². The van der Waals surface area contributed by atoms with Crippen LogP contribution in [0.15, 0.2) is 23.1 Å². The average molecular weight is 357 g/mol. The summed E-state index contributed by atoms with van der Waals surface area (Å²) >= 11 is 5.93. The first-order chi connectivity index (χ1) is 9.46. The Morgan fingerprint density at radius 2 is 2.10 bits per heavy atom. The number of piperidine rings is 1. The summed E-state index contributed by atoms with van der Waals surface area (Å²) in [6.07, 6.45) is 3.16. The number of halogens is 3. The first-order valence-corrected chi connectivity index (χ1v) is 8.45. The van der Waals surface area contributed by atoms with Gasteiger partial charge in [0.2, 0.25) is 10.0 Å². The van der Waals surface area contributed by atoms with Crippen molar-refractivity contribution in [3.63, 3.8) is 0 Å². The Hall–Kier alpha value is -0.400. The molecule has 120 valence electrons. The second-order valence-electron chi connectivity index (χ2n) is 4.92. The SMILES string of the molecule is Cl.NCCC1CCCCN1S(=O)(=O)c1cc(F)ccc1Cl. The highest BCUT2D eigenvalue weighted by Gasteiger charge is 2.34. The molecule has 0 aliphatic carbocycles. The van der Waals surface area contributed by atoms with Crippen LogP contribution in [0.5, 0.6) is 0 Å². The highest BCUT2D eigenvalue weighted by Crippen LogP contribution is 2.30. The number of hydrogen-bond acceptors (Lipinski definition) is 3. The quantitative estimate of drug-likeness (QED) is 0.901. The van der Waals surface area contributed by atoms with Crippen molar-refractivity contribution < 1.29 is 12.8 Å². The molecular formula is C13H19Cl2FN2O2S. The fourth-order valence-electron chi connectivity index (χ4n) is 2.57. The van der Waals surface area contributed by atoms with Crippen molar-refractivity contribution in [1.82, 2.24) is 4.31 Å². The highest BCUT2D eigenvalue weighted by molar-refractivity contribution is 7.89. The van der Waals surface area contributed by atoms with E-state index in [9.17, 15) is 12.8 Å². The molecule has 0 aromatic heterocycles. The Morgan fingerprint density at radius 1 is 1.38 bits per heavy atom. The van der Waals surface area contributed by atoms with Crippen LogP contribution >= 0.6 is 24.0 Å². The van der Waals surface area contributed by atoms with Gasteiger partial charge in [0.05, 0.1) is 5.02 Å². The summed E-state index contributed by atoms with van der Waals surface area (Å²) < 4.78 is 40.1. The molecule has 1 aromatic rings. The molecule has 0 amide bonds. The van der Waals surface area contributed by atoms with Gasteiger partial charge in [0, 0.05) is 12.6 Å². The lowest BCUT2D eigenvalue weighted by atomic mass is 10.0. The summed E-state index contributed by atoms with van der Waals surface area (Å²) in [5.74, 6) is -0.611. The molecule has 1 heterocycles. The van der Waals surface area contributed by atoms with E-state index in [1.807, 2.05) is 0 Å². The standard InChI is InChI=1S/C13H18ClFN2O2S.ClH/c14-12-5-4-10(15)9-13(12)20(18,19)17-8-2-1-3-11(17)6-7-16;/h4-5,9,11H,1-3,6-8,16H2;1H. The molecule has 1 saturated heterocycles. The fraction of sp³-hybridized carbons (Fsp3) is 0.538. The second-order valence-corrected chi connectivity index (χ2v) is 7.18. The van der Waals surface area contributed by atoms with E-state index in [0.29, 0.717) is 19.5 Å². The van der Waals surface area contributed by atoms with E-state index in [2.05, 4.69) is 0 Å². The minimum Gasteiger partial charge on any atom is -0.330 e. The van der Waals surface area contributed by atoms with Crippen molar-refractivity contribution in [2.45, 2.75) is 36.6 Å². The molecule has 0 radical (unpaired) electrons. The van der Waals surface area contributed by atoms with Gasteiger partial charge in [-0.1, -0.05) is 18.0 Å². The van der Waals surface area contributed by atoms with Crippen molar-refractivity contribution in [3.8, 4) is 0 Å². The Morgan fingerprint density at radius 3 is 2.76 bits per heavy atom. The van der Waals surface area contributed by atoms with Crippen LogP contribution in [0.2, 0.25) is 5.02 Å². The van der Waals surface area contributed by atoms with Crippen LogP contribution in [0, 0.1) is 5.82 Å². The lowest BCUT2D eigenvalue weighted by molar-refractivity contribution is 0.243. The third-order valence-corrected chi connectivity index (χ3v) is 5.99. The van der Waals surface area contributed by atoms with E-state index in [1.165, 1.54) is 10.4 Å². The number of rotatable bonds is 4. The number of nitrogens with two attached hydrogens (primary N) is 1. The van der Waals surface area contributed by atoms with Gasteiger partial charge in [0.15, 0.2) is 0 Å². The second kappa shape index (κ2) is 7.74. The normalized spacial score (nSPS) is 20.0. The molecule has 1 aromatic carbocycles. The first kappa shape index (κ1) is 18.6. The number of benzene rings is 1. The van der Waals surface area contributed by atoms with Crippen molar-refractivity contribution in [3.05, 3.63) is 29.0 Å². The Balaban J connectivity index is 0.00000220. The van der Waals surface area contributed by atoms with Crippen LogP contribution in [0.25, 0.3) is 0 Å². The van der Waals surface area contributed by atoms with Crippen molar-refractivity contribution in [2.75, 3.05) is 13.1 Å². The summed E-state index contributed by atoms with van der Waals surface area (Å²) in [5.41, 5.74) is 5.55. The summed E-state index contributed by atoms with van der Waals surface area (Å²) in [5, 5.41) is 0.0449. The van der Waals surface area contributed by atoms with Gasteiger partial charge in [-0.05, 0) is 44.0 Å². The van der Waals surface area contributed by atoms with Gasteiger partial charge in [-0.2, -0.15) is 4.31 Å². The topological polar surface area (TPSA) is 63.4 Å². The zero-order valence-corrected chi connectivity index (χ0v) is 13.9. The van der Waals surface area contributed by atoms with E-state index in [0.717, 1.165) is 31.4 Å². The number of sulfonamides is 1.